The first-order valence-corrected chi connectivity index (χ1v) is 11.1. The summed E-state index contributed by atoms with van der Waals surface area (Å²) in [6.07, 6.45) is 0.681. The summed E-state index contributed by atoms with van der Waals surface area (Å²) in [6, 6.07) is 23.6. The number of amides is 1. The van der Waals surface area contributed by atoms with Crippen LogP contribution in [0.25, 0.3) is 0 Å². The molecule has 1 atom stereocenters. The fourth-order valence-electron chi connectivity index (χ4n) is 4.29. The summed E-state index contributed by atoms with van der Waals surface area (Å²) in [7, 11) is 3.08. The Morgan fingerprint density at radius 2 is 1.56 bits per heavy atom. The van der Waals surface area contributed by atoms with E-state index in [1.807, 2.05) is 60.7 Å². The molecule has 0 aromatic heterocycles. The molecular weight excluding hydrogens is 430 g/mol. The first kappa shape index (κ1) is 23.1. The zero-order valence-electron chi connectivity index (χ0n) is 19.2. The van der Waals surface area contributed by atoms with E-state index in [1.54, 1.807) is 25.3 Å². The van der Waals surface area contributed by atoms with Gasteiger partial charge in [0.05, 0.1) is 25.8 Å². The normalized spacial score (nSPS) is 15.5. The van der Waals surface area contributed by atoms with Crippen molar-refractivity contribution in [3.05, 3.63) is 107 Å². The number of hydrogen-bond donors (Lipinski definition) is 1. The lowest BCUT2D eigenvalue weighted by molar-refractivity contribution is -0.130. The molecule has 6 heteroatoms. The fourth-order valence-corrected chi connectivity index (χ4v) is 4.29. The summed E-state index contributed by atoms with van der Waals surface area (Å²) in [6.45, 7) is 0.235. The van der Waals surface area contributed by atoms with E-state index in [9.17, 15) is 14.7 Å². The predicted molar refractivity (Wildman–Crippen MR) is 129 cm³/mol. The van der Waals surface area contributed by atoms with Crippen LogP contribution in [0.15, 0.2) is 90.2 Å². The molecule has 1 N–H and O–H groups in total. The van der Waals surface area contributed by atoms with E-state index in [1.165, 1.54) is 12.0 Å². The van der Waals surface area contributed by atoms with Crippen molar-refractivity contribution in [2.24, 2.45) is 0 Å². The van der Waals surface area contributed by atoms with Crippen LogP contribution in [0.3, 0.4) is 0 Å². The summed E-state index contributed by atoms with van der Waals surface area (Å²) < 4.78 is 10.9. The van der Waals surface area contributed by atoms with Crippen LogP contribution in [-0.2, 0) is 22.6 Å². The van der Waals surface area contributed by atoms with E-state index >= 15 is 0 Å². The number of aryl methyl sites for hydroxylation is 1. The third kappa shape index (κ3) is 4.66. The maximum absolute atomic E-state index is 13.4. The maximum Gasteiger partial charge on any atom is 0.290 e. The Hall–Kier alpha value is -4.06. The number of hydrogen-bond acceptors (Lipinski definition) is 5. The van der Waals surface area contributed by atoms with Gasteiger partial charge >= 0.3 is 0 Å². The SMILES string of the molecule is COc1ccc(C2C(C(=O)CCc3ccccc3)=C(O)C(=O)N2Cc2ccccc2)c(OC)c1. The first-order chi connectivity index (χ1) is 16.5. The number of ketones is 1. The van der Waals surface area contributed by atoms with Gasteiger partial charge in [0.2, 0.25) is 0 Å². The van der Waals surface area contributed by atoms with Crippen molar-refractivity contribution in [1.82, 2.24) is 4.90 Å². The third-order valence-electron chi connectivity index (χ3n) is 6.02. The highest BCUT2D eigenvalue weighted by molar-refractivity contribution is 6.09. The van der Waals surface area contributed by atoms with E-state index in [4.69, 9.17) is 9.47 Å². The van der Waals surface area contributed by atoms with Crippen LogP contribution in [-0.4, -0.2) is 35.9 Å². The van der Waals surface area contributed by atoms with Crippen molar-refractivity contribution in [2.45, 2.75) is 25.4 Å². The second-order valence-electron chi connectivity index (χ2n) is 8.10. The molecule has 3 aromatic rings. The highest BCUT2D eigenvalue weighted by Crippen LogP contribution is 2.43. The number of carbonyl (C=O) groups is 2. The van der Waals surface area contributed by atoms with Crippen LogP contribution in [0.1, 0.15) is 29.2 Å². The average molecular weight is 458 g/mol. The van der Waals surface area contributed by atoms with E-state index in [0.29, 0.717) is 23.5 Å². The molecule has 1 amide bonds. The number of ether oxygens (including phenoxy) is 2. The van der Waals surface area contributed by atoms with Crippen LogP contribution < -0.4 is 9.47 Å². The van der Waals surface area contributed by atoms with Gasteiger partial charge in [-0.05, 0) is 29.7 Å². The quantitative estimate of drug-likeness (QED) is 0.500. The summed E-state index contributed by atoms with van der Waals surface area (Å²) >= 11 is 0. The van der Waals surface area contributed by atoms with Crippen molar-refractivity contribution >= 4 is 11.7 Å². The van der Waals surface area contributed by atoms with Crippen molar-refractivity contribution in [3.8, 4) is 11.5 Å². The molecule has 0 spiro atoms. The van der Waals surface area contributed by atoms with E-state index in [-0.39, 0.29) is 24.3 Å². The van der Waals surface area contributed by atoms with Crippen molar-refractivity contribution in [1.29, 1.82) is 0 Å². The van der Waals surface area contributed by atoms with Gasteiger partial charge in [-0.25, -0.2) is 0 Å². The number of rotatable bonds is 9. The Kier molecular flexibility index (Phi) is 6.97. The summed E-state index contributed by atoms with van der Waals surface area (Å²) in [5, 5.41) is 10.9. The number of aliphatic hydroxyl groups is 1. The number of benzene rings is 3. The van der Waals surface area contributed by atoms with Gasteiger partial charge in [0.1, 0.15) is 11.5 Å². The maximum atomic E-state index is 13.4. The molecule has 4 rings (SSSR count). The Morgan fingerprint density at radius 1 is 0.912 bits per heavy atom. The zero-order valence-corrected chi connectivity index (χ0v) is 19.2. The van der Waals surface area contributed by atoms with Crippen LogP contribution in [0.2, 0.25) is 0 Å². The van der Waals surface area contributed by atoms with Crippen molar-refractivity contribution in [3.63, 3.8) is 0 Å². The monoisotopic (exact) mass is 457 g/mol. The Labute approximate surface area is 199 Å². The van der Waals surface area contributed by atoms with Crippen LogP contribution in [0.4, 0.5) is 0 Å². The van der Waals surface area contributed by atoms with Gasteiger partial charge in [-0.3, -0.25) is 9.59 Å². The molecule has 1 aliphatic heterocycles. The van der Waals surface area contributed by atoms with E-state index < -0.39 is 17.7 Å². The number of carbonyl (C=O) groups excluding carboxylic acids is 2. The van der Waals surface area contributed by atoms with Gasteiger partial charge in [-0.2, -0.15) is 0 Å². The summed E-state index contributed by atoms with van der Waals surface area (Å²) in [5.41, 5.74) is 2.61. The Balaban J connectivity index is 1.73. The second-order valence-corrected chi connectivity index (χ2v) is 8.10. The molecule has 0 saturated carbocycles. The minimum Gasteiger partial charge on any atom is -0.503 e. The molecule has 0 bridgehead atoms. The van der Waals surface area contributed by atoms with Crippen LogP contribution in [0, 0.1) is 0 Å². The molecule has 1 aliphatic rings. The molecule has 174 valence electrons. The van der Waals surface area contributed by atoms with Crippen molar-refractivity contribution in [2.75, 3.05) is 14.2 Å². The molecule has 3 aromatic carbocycles. The van der Waals surface area contributed by atoms with Crippen LogP contribution in [0.5, 0.6) is 11.5 Å². The minimum absolute atomic E-state index is 0.0975. The fraction of sp³-hybridized carbons (Fsp3) is 0.214. The molecule has 0 radical (unpaired) electrons. The summed E-state index contributed by atoms with van der Waals surface area (Å²) in [5.74, 6) is -0.289. The molecule has 1 heterocycles. The van der Waals surface area contributed by atoms with Gasteiger partial charge in [-0.1, -0.05) is 60.7 Å². The van der Waals surface area contributed by atoms with Gasteiger partial charge in [0, 0.05) is 24.6 Å². The highest BCUT2D eigenvalue weighted by atomic mass is 16.5. The number of Topliss-reactive ketones (excluding diaryl/α,β-unsaturated/α-hetero) is 1. The number of nitrogens with zero attached hydrogens (tertiary/aromatic N) is 1. The predicted octanol–water partition coefficient (Wildman–Crippen LogP) is 4.80. The van der Waals surface area contributed by atoms with Crippen molar-refractivity contribution < 1.29 is 24.2 Å². The zero-order chi connectivity index (χ0) is 24.1. The topological polar surface area (TPSA) is 76.1 Å². The molecule has 0 aliphatic carbocycles. The molecule has 1 unspecified atom stereocenters. The molecule has 6 nitrogen and oxygen atoms in total. The molecule has 34 heavy (non-hydrogen) atoms. The molecule has 0 fully saturated rings. The lowest BCUT2D eigenvalue weighted by Crippen LogP contribution is -2.31. The third-order valence-corrected chi connectivity index (χ3v) is 6.02. The lowest BCUT2D eigenvalue weighted by Gasteiger charge is -2.28. The Bertz CT molecular complexity index is 1200. The van der Waals surface area contributed by atoms with Gasteiger partial charge < -0.3 is 19.5 Å². The highest BCUT2D eigenvalue weighted by Gasteiger charge is 2.44. The smallest absolute Gasteiger partial charge is 0.290 e. The number of aliphatic hydroxyl groups excluding tert-OH is 1. The minimum atomic E-state index is -0.781. The standard InChI is InChI=1S/C28H27NO5/c1-33-21-14-15-22(24(17-21)34-2)26-25(23(30)16-13-19-9-5-3-6-10-19)27(31)28(32)29(26)18-20-11-7-4-8-12-20/h3-12,14-15,17,26,31H,13,16,18H2,1-2H3. The molecular formula is C28H27NO5. The summed E-state index contributed by atoms with van der Waals surface area (Å²) in [4.78, 5) is 28.1. The largest absolute Gasteiger partial charge is 0.503 e. The first-order valence-electron chi connectivity index (χ1n) is 11.1. The van der Waals surface area contributed by atoms with E-state index in [0.717, 1.165) is 11.1 Å². The van der Waals surface area contributed by atoms with Gasteiger partial charge in [-0.15, -0.1) is 0 Å². The molecule has 0 saturated heterocycles. The van der Waals surface area contributed by atoms with Gasteiger partial charge in [0.15, 0.2) is 11.5 Å². The Morgan fingerprint density at radius 3 is 2.18 bits per heavy atom. The lowest BCUT2D eigenvalue weighted by atomic mass is 9.92. The van der Waals surface area contributed by atoms with E-state index in [2.05, 4.69) is 0 Å². The second kappa shape index (κ2) is 10.3. The van der Waals surface area contributed by atoms with Gasteiger partial charge in [0.25, 0.3) is 5.91 Å². The van der Waals surface area contributed by atoms with Crippen LogP contribution >= 0.6 is 0 Å². The number of methoxy groups -OCH3 is 2. The average Bonchev–Trinajstić information content (AvgIpc) is 3.13.